The zero-order chi connectivity index (χ0) is 44.6. The standard InChI is InChI=1S/C44H59F2N7O8/c1-43(2,3)38(39-48-34(30-23-28(45)15-16-31(30)46)25-51(39)24-27-11-8-7-9-12-27)53(37(57)26-54)21-19-33(50-42(60)61-44(4,5)6)41(59)49-32-14-10-13-29(32)40(58)47-20-22-52-35(55)17-18-36(52)56/h7-9,11-12,15-18,23,25,29,32-33,35,38,42,50,54-55,60H,10,13-14,19-22,24,26H2,1-6H3,(H,47,58)(H,49,59)/t29-,32+,33+,35?,38+,42?/m1/s1. The first kappa shape index (κ1) is 47.0. The van der Waals surface area contributed by atoms with Crippen LogP contribution in [-0.4, -0.2) is 115 Å². The Hall–Kier alpha value is -5.07. The molecule has 1 aliphatic heterocycles. The third-order valence-corrected chi connectivity index (χ3v) is 10.7. The Kier molecular flexibility index (Phi) is 15.6. The number of aromatic nitrogens is 2. The Morgan fingerprint density at radius 2 is 1.77 bits per heavy atom. The van der Waals surface area contributed by atoms with Crippen molar-refractivity contribution in [2.45, 2.75) is 110 Å². The molecule has 1 aliphatic carbocycles. The molecule has 0 spiro atoms. The fraction of sp³-hybridized carbons (Fsp3) is 0.523. The van der Waals surface area contributed by atoms with Crippen molar-refractivity contribution in [3.05, 3.63) is 89.9 Å². The average molecular weight is 852 g/mol. The third kappa shape index (κ3) is 12.5. The fourth-order valence-corrected chi connectivity index (χ4v) is 7.86. The molecule has 1 fully saturated rings. The lowest BCUT2D eigenvalue weighted by molar-refractivity contribution is -0.187. The number of aliphatic hydroxyl groups excluding tert-OH is 3. The Bertz CT molecular complexity index is 2030. The Morgan fingerprint density at radius 1 is 1.05 bits per heavy atom. The van der Waals surface area contributed by atoms with Crippen molar-refractivity contribution in [1.82, 2.24) is 35.3 Å². The van der Waals surface area contributed by atoms with Crippen LogP contribution in [0.2, 0.25) is 0 Å². The van der Waals surface area contributed by atoms with Gasteiger partial charge in [0.15, 0.2) is 0 Å². The van der Waals surface area contributed by atoms with Crippen molar-refractivity contribution in [1.29, 1.82) is 0 Å². The highest BCUT2D eigenvalue weighted by molar-refractivity contribution is 5.90. The topological polar surface area (TPSA) is 199 Å². The third-order valence-electron chi connectivity index (χ3n) is 10.7. The minimum Gasteiger partial charge on any atom is -0.387 e. The molecule has 17 heteroatoms. The van der Waals surface area contributed by atoms with E-state index in [0.717, 1.165) is 23.8 Å². The molecule has 0 radical (unpaired) electrons. The van der Waals surface area contributed by atoms with Gasteiger partial charge in [-0.25, -0.2) is 13.8 Å². The molecule has 0 saturated heterocycles. The zero-order valence-electron chi connectivity index (χ0n) is 35.6. The highest BCUT2D eigenvalue weighted by atomic mass is 19.1. The summed E-state index contributed by atoms with van der Waals surface area (Å²) in [6.45, 7) is 10.2. The summed E-state index contributed by atoms with van der Waals surface area (Å²) < 4.78 is 37.1. The summed E-state index contributed by atoms with van der Waals surface area (Å²) in [7, 11) is 0. The second-order valence-electron chi connectivity index (χ2n) is 17.6. The van der Waals surface area contributed by atoms with Gasteiger partial charge in [0.1, 0.15) is 30.3 Å². The Morgan fingerprint density at radius 3 is 2.41 bits per heavy atom. The average Bonchev–Trinajstić information content (AvgIpc) is 3.91. The number of ether oxygens (including phenoxy) is 1. The van der Waals surface area contributed by atoms with Gasteiger partial charge in [0, 0.05) is 50.1 Å². The van der Waals surface area contributed by atoms with E-state index in [2.05, 4.69) is 16.0 Å². The predicted molar refractivity (Wildman–Crippen MR) is 222 cm³/mol. The van der Waals surface area contributed by atoms with Crippen LogP contribution in [0.15, 0.2) is 66.9 Å². The predicted octanol–water partition coefficient (Wildman–Crippen LogP) is 3.34. The molecule has 15 nitrogen and oxygen atoms in total. The monoisotopic (exact) mass is 851 g/mol. The minimum atomic E-state index is -1.62. The van der Waals surface area contributed by atoms with E-state index in [1.807, 2.05) is 51.1 Å². The van der Waals surface area contributed by atoms with Crippen molar-refractivity contribution in [3.8, 4) is 11.3 Å². The van der Waals surface area contributed by atoms with Crippen LogP contribution in [0.4, 0.5) is 8.78 Å². The van der Waals surface area contributed by atoms with Gasteiger partial charge in [0.2, 0.25) is 30.0 Å². The first-order valence-electron chi connectivity index (χ1n) is 20.6. The fourth-order valence-electron chi connectivity index (χ4n) is 7.86. The van der Waals surface area contributed by atoms with Gasteiger partial charge in [0.25, 0.3) is 0 Å². The molecule has 6 N–H and O–H groups in total. The van der Waals surface area contributed by atoms with Gasteiger partial charge in [0.05, 0.1) is 29.3 Å². The van der Waals surface area contributed by atoms with Gasteiger partial charge in [-0.05, 0) is 75.3 Å². The SMILES string of the molecule is CC(C)(C)OC(O)N[C@@H](CCN(C(=O)CO)[C@@H](c1nc(-c2cc(F)ccc2F)cn1Cc1ccccc1)C(C)(C)C)C(=O)N[C@H]1CCC[C@H]1C(=O)NCCN1C(=O)C=CC1O. The number of benzene rings is 2. The van der Waals surface area contributed by atoms with Crippen LogP contribution >= 0.6 is 0 Å². The zero-order valence-corrected chi connectivity index (χ0v) is 35.6. The number of hydrogen-bond donors (Lipinski definition) is 6. The summed E-state index contributed by atoms with van der Waals surface area (Å²) in [5.41, 5.74) is -0.691. The summed E-state index contributed by atoms with van der Waals surface area (Å²) in [4.78, 5) is 60.9. The lowest BCUT2D eigenvalue weighted by Crippen LogP contribution is -2.55. The number of hydrogen-bond acceptors (Lipinski definition) is 10. The molecule has 2 aliphatic rings. The number of halogens is 2. The molecule has 5 rings (SSSR count). The molecule has 2 aromatic carbocycles. The normalized spacial score (nSPS) is 19.5. The molecular weight excluding hydrogens is 793 g/mol. The molecule has 332 valence electrons. The minimum absolute atomic E-state index is 0.0776. The van der Waals surface area contributed by atoms with Gasteiger partial charge in [-0.2, -0.15) is 0 Å². The van der Waals surface area contributed by atoms with Crippen molar-refractivity contribution < 1.29 is 48.0 Å². The van der Waals surface area contributed by atoms with Crippen LogP contribution in [0.5, 0.6) is 0 Å². The molecule has 0 bridgehead atoms. The number of nitrogens with zero attached hydrogens (tertiary/aromatic N) is 4. The molecule has 61 heavy (non-hydrogen) atoms. The molecule has 1 saturated carbocycles. The van der Waals surface area contributed by atoms with Crippen molar-refractivity contribution in [2.24, 2.45) is 11.3 Å². The van der Waals surface area contributed by atoms with Crippen LogP contribution in [0.25, 0.3) is 11.3 Å². The number of carbonyl (C=O) groups is 4. The summed E-state index contributed by atoms with van der Waals surface area (Å²) in [6.07, 6.45) is 3.05. The van der Waals surface area contributed by atoms with Crippen molar-refractivity contribution in [2.75, 3.05) is 26.2 Å². The van der Waals surface area contributed by atoms with Gasteiger partial charge < -0.3 is 45.1 Å². The smallest absolute Gasteiger partial charge is 0.248 e. The van der Waals surface area contributed by atoms with E-state index < -0.39 is 77.8 Å². The first-order chi connectivity index (χ1) is 28.7. The Balaban J connectivity index is 1.42. The van der Waals surface area contributed by atoms with E-state index in [0.29, 0.717) is 25.1 Å². The van der Waals surface area contributed by atoms with Gasteiger partial charge in [-0.15, -0.1) is 0 Å². The highest BCUT2D eigenvalue weighted by Crippen LogP contribution is 2.40. The van der Waals surface area contributed by atoms with Gasteiger partial charge >= 0.3 is 0 Å². The quantitative estimate of drug-likeness (QED) is 0.103. The second kappa shape index (κ2) is 20.2. The number of amides is 4. The molecule has 1 aromatic heterocycles. The molecule has 2 heterocycles. The molecule has 4 amide bonds. The van der Waals surface area contributed by atoms with E-state index in [9.17, 15) is 38.9 Å². The Labute approximate surface area is 355 Å². The first-order valence-corrected chi connectivity index (χ1v) is 20.6. The second-order valence-corrected chi connectivity index (χ2v) is 17.6. The molecule has 3 aromatic rings. The van der Waals surface area contributed by atoms with E-state index in [1.54, 1.807) is 31.5 Å². The summed E-state index contributed by atoms with van der Waals surface area (Å²) in [5, 5.41) is 39.9. The number of carbonyl (C=O) groups excluding carboxylic acids is 4. The van der Waals surface area contributed by atoms with Crippen LogP contribution in [0.3, 0.4) is 0 Å². The maximum Gasteiger partial charge on any atom is 0.248 e. The lowest BCUT2D eigenvalue weighted by atomic mass is 9.84. The largest absolute Gasteiger partial charge is 0.387 e. The van der Waals surface area contributed by atoms with Crippen LogP contribution in [0.1, 0.15) is 84.7 Å². The number of imidazole rings is 1. The number of nitrogens with one attached hydrogen (secondary N) is 3. The molecule has 6 atom stereocenters. The summed E-state index contributed by atoms with van der Waals surface area (Å²) in [5.74, 6) is -3.58. The molecular formula is C44H59F2N7O8. The van der Waals surface area contributed by atoms with E-state index in [4.69, 9.17) is 9.72 Å². The summed E-state index contributed by atoms with van der Waals surface area (Å²) >= 11 is 0. The van der Waals surface area contributed by atoms with Crippen LogP contribution < -0.4 is 16.0 Å². The van der Waals surface area contributed by atoms with Crippen molar-refractivity contribution in [3.63, 3.8) is 0 Å². The van der Waals surface area contributed by atoms with Gasteiger partial charge in [-0.3, -0.25) is 24.5 Å². The maximum atomic E-state index is 15.2. The molecule has 2 unspecified atom stereocenters. The van der Waals surface area contributed by atoms with Gasteiger partial charge in [-0.1, -0.05) is 57.5 Å². The number of rotatable bonds is 18. The van der Waals surface area contributed by atoms with Crippen LogP contribution in [0, 0.1) is 23.0 Å². The lowest BCUT2D eigenvalue weighted by Gasteiger charge is -2.40. The van der Waals surface area contributed by atoms with Crippen LogP contribution in [-0.2, 0) is 30.5 Å². The van der Waals surface area contributed by atoms with Crippen molar-refractivity contribution >= 4 is 23.6 Å². The summed E-state index contributed by atoms with van der Waals surface area (Å²) in [6, 6.07) is 9.80. The maximum absolute atomic E-state index is 15.2. The highest BCUT2D eigenvalue weighted by Gasteiger charge is 2.40. The van der Waals surface area contributed by atoms with E-state index in [-0.39, 0.29) is 55.7 Å². The van der Waals surface area contributed by atoms with E-state index >= 15 is 4.39 Å². The van der Waals surface area contributed by atoms with E-state index in [1.165, 1.54) is 22.0 Å². The number of aliphatic hydroxyl groups is 3.